The highest BCUT2D eigenvalue weighted by molar-refractivity contribution is 6.18. The van der Waals surface area contributed by atoms with Crippen molar-refractivity contribution in [2.75, 3.05) is 19.0 Å². The first-order valence-electron chi connectivity index (χ1n) is 6.22. The second-order valence-corrected chi connectivity index (χ2v) is 4.45. The Labute approximate surface area is 113 Å². The molecule has 0 fully saturated rings. The van der Waals surface area contributed by atoms with Gasteiger partial charge in [-0.2, -0.15) is 0 Å². The summed E-state index contributed by atoms with van der Waals surface area (Å²) in [5, 5.41) is 2.84. The van der Waals surface area contributed by atoms with Gasteiger partial charge >= 0.3 is 0 Å². The fourth-order valence-corrected chi connectivity index (χ4v) is 1.88. The lowest BCUT2D eigenvalue weighted by molar-refractivity contribution is -0.120. The summed E-state index contributed by atoms with van der Waals surface area (Å²) in [4.78, 5) is 11.2. The smallest absolute Gasteiger partial charge is 0.221 e. The fourth-order valence-electron chi connectivity index (χ4n) is 1.70. The van der Waals surface area contributed by atoms with Gasteiger partial charge in [0.1, 0.15) is 5.75 Å². The van der Waals surface area contributed by atoms with E-state index in [1.165, 1.54) is 5.56 Å². The van der Waals surface area contributed by atoms with Crippen molar-refractivity contribution in [3.05, 3.63) is 29.3 Å². The third-order valence-electron chi connectivity index (χ3n) is 2.60. The van der Waals surface area contributed by atoms with Crippen molar-refractivity contribution in [3.8, 4) is 5.75 Å². The van der Waals surface area contributed by atoms with Crippen molar-refractivity contribution in [1.82, 2.24) is 5.32 Å². The lowest BCUT2D eigenvalue weighted by atomic mass is 10.1. The van der Waals surface area contributed by atoms with Crippen molar-refractivity contribution in [3.63, 3.8) is 0 Å². The number of ether oxygens (including phenoxy) is 1. The first kappa shape index (κ1) is 14.8. The number of rotatable bonds is 7. The van der Waals surface area contributed by atoms with Crippen LogP contribution in [0.15, 0.2) is 18.2 Å². The highest BCUT2D eigenvalue weighted by Gasteiger charge is 2.02. The van der Waals surface area contributed by atoms with E-state index in [0.717, 1.165) is 17.7 Å². The van der Waals surface area contributed by atoms with Crippen molar-refractivity contribution in [1.29, 1.82) is 0 Å². The van der Waals surface area contributed by atoms with Crippen LogP contribution in [-0.2, 0) is 11.2 Å². The second-order valence-electron chi connectivity index (χ2n) is 4.07. The standard InChI is InChI=1S/C14H20ClNO2/c1-3-18-13-5-4-12(10-11(13)2)7-9-16-14(17)6-8-15/h4-5,10H,3,6-9H2,1-2H3,(H,16,17). The van der Waals surface area contributed by atoms with Crippen molar-refractivity contribution < 1.29 is 9.53 Å². The summed E-state index contributed by atoms with van der Waals surface area (Å²) in [6, 6.07) is 6.11. The van der Waals surface area contributed by atoms with Gasteiger partial charge in [0.2, 0.25) is 5.91 Å². The molecule has 4 heteroatoms. The molecule has 1 aromatic rings. The second kappa shape index (κ2) is 7.98. The molecular weight excluding hydrogens is 250 g/mol. The molecule has 0 atom stereocenters. The number of aryl methyl sites for hydroxylation is 1. The Morgan fingerprint density at radius 1 is 1.44 bits per heavy atom. The van der Waals surface area contributed by atoms with E-state index in [1.54, 1.807) is 0 Å². The number of amides is 1. The predicted octanol–water partition coefficient (Wildman–Crippen LogP) is 2.68. The normalized spacial score (nSPS) is 10.2. The number of nitrogens with one attached hydrogen (secondary N) is 1. The Bertz CT molecular complexity index is 393. The summed E-state index contributed by atoms with van der Waals surface area (Å²) < 4.78 is 5.48. The summed E-state index contributed by atoms with van der Waals surface area (Å²) in [5.41, 5.74) is 2.32. The molecule has 0 aliphatic heterocycles. The summed E-state index contributed by atoms with van der Waals surface area (Å²) >= 11 is 5.49. The van der Waals surface area contributed by atoms with Gasteiger partial charge in [-0.1, -0.05) is 12.1 Å². The molecule has 3 nitrogen and oxygen atoms in total. The highest BCUT2D eigenvalue weighted by atomic mass is 35.5. The molecule has 18 heavy (non-hydrogen) atoms. The SMILES string of the molecule is CCOc1ccc(CCNC(=O)CCCl)cc1C. The molecule has 0 unspecified atom stereocenters. The molecule has 0 spiro atoms. The number of hydrogen-bond donors (Lipinski definition) is 1. The Kier molecular flexibility index (Phi) is 6.58. The molecule has 0 aliphatic carbocycles. The van der Waals surface area contributed by atoms with Crippen molar-refractivity contribution in [2.45, 2.75) is 26.7 Å². The van der Waals surface area contributed by atoms with Crippen LogP contribution >= 0.6 is 11.6 Å². The zero-order valence-corrected chi connectivity index (χ0v) is 11.7. The minimum Gasteiger partial charge on any atom is -0.494 e. The van der Waals surface area contributed by atoms with Gasteiger partial charge in [-0.25, -0.2) is 0 Å². The van der Waals surface area contributed by atoms with Gasteiger partial charge in [0.05, 0.1) is 6.61 Å². The summed E-state index contributed by atoms with van der Waals surface area (Å²) in [6.45, 7) is 5.32. The van der Waals surface area contributed by atoms with Crippen LogP contribution in [0.25, 0.3) is 0 Å². The molecule has 100 valence electrons. The van der Waals surface area contributed by atoms with Gasteiger partial charge in [-0.15, -0.1) is 11.6 Å². The zero-order valence-electron chi connectivity index (χ0n) is 11.0. The van der Waals surface area contributed by atoms with Crippen LogP contribution in [0, 0.1) is 6.92 Å². The molecule has 0 bridgehead atoms. The molecule has 1 rings (SSSR count). The van der Waals surface area contributed by atoms with E-state index in [4.69, 9.17) is 16.3 Å². The van der Waals surface area contributed by atoms with Gasteiger partial charge in [-0.05, 0) is 37.5 Å². The van der Waals surface area contributed by atoms with Crippen LogP contribution in [0.4, 0.5) is 0 Å². The molecule has 1 aromatic carbocycles. The topological polar surface area (TPSA) is 38.3 Å². The largest absolute Gasteiger partial charge is 0.494 e. The van der Waals surface area contributed by atoms with Gasteiger partial charge in [0.25, 0.3) is 0 Å². The predicted molar refractivity (Wildman–Crippen MR) is 74.4 cm³/mol. The lowest BCUT2D eigenvalue weighted by Crippen LogP contribution is -2.25. The average molecular weight is 270 g/mol. The van der Waals surface area contributed by atoms with Gasteiger partial charge in [0.15, 0.2) is 0 Å². The maximum absolute atomic E-state index is 11.2. The number of hydrogen-bond acceptors (Lipinski definition) is 2. The first-order chi connectivity index (χ1) is 8.67. The van der Waals surface area contributed by atoms with Crippen LogP contribution in [0.5, 0.6) is 5.75 Å². The maximum Gasteiger partial charge on any atom is 0.221 e. The zero-order chi connectivity index (χ0) is 13.4. The van der Waals surface area contributed by atoms with E-state index in [1.807, 2.05) is 26.0 Å². The average Bonchev–Trinajstić information content (AvgIpc) is 2.33. The summed E-state index contributed by atoms with van der Waals surface area (Å²) in [6.07, 6.45) is 1.20. The van der Waals surface area contributed by atoms with Gasteiger partial charge in [-0.3, -0.25) is 4.79 Å². The van der Waals surface area contributed by atoms with E-state index >= 15 is 0 Å². The summed E-state index contributed by atoms with van der Waals surface area (Å²) in [7, 11) is 0. The summed E-state index contributed by atoms with van der Waals surface area (Å²) in [5.74, 6) is 1.30. The van der Waals surface area contributed by atoms with Crippen LogP contribution < -0.4 is 10.1 Å². The lowest BCUT2D eigenvalue weighted by Gasteiger charge is -2.09. The first-order valence-corrected chi connectivity index (χ1v) is 6.75. The van der Waals surface area contributed by atoms with Crippen LogP contribution in [-0.4, -0.2) is 24.9 Å². The quantitative estimate of drug-likeness (QED) is 0.773. The van der Waals surface area contributed by atoms with E-state index in [2.05, 4.69) is 11.4 Å². The van der Waals surface area contributed by atoms with E-state index in [-0.39, 0.29) is 5.91 Å². The van der Waals surface area contributed by atoms with Gasteiger partial charge in [0, 0.05) is 18.8 Å². The molecule has 0 aromatic heterocycles. The maximum atomic E-state index is 11.2. The Hall–Kier alpha value is -1.22. The number of carbonyl (C=O) groups is 1. The Morgan fingerprint density at radius 3 is 2.83 bits per heavy atom. The Balaban J connectivity index is 2.43. The molecule has 0 heterocycles. The third kappa shape index (κ3) is 4.96. The van der Waals surface area contributed by atoms with Crippen molar-refractivity contribution in [2.24, 2.45) is 0 Å². The van der Waals surface area contributed by atoms with E-state index in [0.29, 0.717) is 25.5 Å². The number of carbonyl (C=O) groups excluding carboxylic acids is 1. The fraction of sp³-hybridized carbons (Fsp3) is 0.500. The molecule has 1 amide bonds. The monoisotopic (exact) mass is 269 g/mol. The third-order valence-corrected chi connectivity index (χ3v) is 2.79. The number of halogens is 1. The van der Waals surface area contributed by atoms with Crippen molar-refractivity contribution >= 4 is 17.5 Å². The molecule has 0 radical (unpaired) electrons. The van der Waals surface area contributed by atoms with Crippen LogP contribution in [0.2, 0.25) is 0 Å². The molecule has 0 saturated carbocycles. The molecular formula is C14H20ClNO2. The van der Waals surface area contributed by atoms with E-state index in [9.17, 15) is 4.79 Å². The van der Waals surface area contributed by atoms with Gasteiger partial charge < -0.3 is 10.1 Å². The van der Waals surface area contributed by atoms with Crippen LogP contribution in [0.3, 0.4) is 0 Å². The Morgan fingerprint density at radius 2 is 2.22 bits per heavy atom. The molecule has 1 N–H and O–H groups in total. The highest BCUT2D eigenvalue weighted by Crippen LogP contribution is 2.19. The molecule has 0 aliphatic rings. The number of alkyl halides is 1. The van der Waals surface area contributed by atoms with Crippen LogP contribution in [0.1, 0.15) is 24.5 Å². The molecule has 0 saturated heterocycles. The minimum atomic E-state index is 0.00709. The minimum absolute atomic E-state index is 0.00709. The van der Waals surface area contributed by atoms with E-state index < -0.39 is 0 Å². The number of benzene rings is 1.